The van der Waals surface area contributed by atoms with Crippen LogP contribution in [0.1, 0.15) is 27.0 Å². The normalized spacial score (nSPS) is 13.1. The van der Waals surface area contributed by atoms with E-state index in [0.717, 1.165) is 55.3 Å². The van der Waals surface area contributed by atoms with Crippen LogP contribution in [0.5, 0.6) is 11.5 Å². The summed E-state index contributed by atoms with van der Waals surface area (Å²) in [6, 6.07) is 17.7. The molecule has 0 atom stereocenters. The number of carbonyl (C=O) groups excluding carboxylic acids is 1. The monoisotopic (exact) mass is 474 g/mol. The molecule has 0 unspecified atom stereocenters. The van der Waals surface area contributed by atoms with E-state index in [1.165, 1.54) is 16.7 Å². The second kappa shape index (κ2) is 10.7. The van der Waals surface area contributed by atoms with Crippen molar-refractivity contribution in [3.05, 3.63) is 76.9 Å². The van der Waals surface area contributed by atoms with E-state index >= 15 is 0 Å². The van der Waals surface area contributed by atoms with Crippen molar-refractivity contribution in [1.29, 1.82) is 0 Å². The minimum absolute atomic E-state index is 0.210. The number of nitrogens with zero attached hydrogens (tertiary/aromatic N) is 2. The van der Waals surface area contributed by atoms with Gasteiger partial charge in [0.2, 0.25) is 0 Å². The fourth-order valence-corrected chi connectivity index (χ4v) is 4.39. The van der Waals surface area contributed by atoms with Crippen LogP contribution in [0.2, 0.25) is 0 Å². The maximum atomic E-state index is 12.8. The van der Waals surface area contributed by atoms with Crippen molar-refractivity contribution in [3.63, 3.8) is 0 Å². The fraction of sp³-hybridized carbons (Fsp3) is 0.321. The van der Waals surface area contributed by atoms with Gasteiger partial charge in [0.1, 0.15) is 0 Å². The van der Waals surface area contributed by atoms with E-state index < -0.39 is 0 Å². The van der Waals surface area contributed by atoms with Gasteiger partial charge in [0.25, 0.3) is 5.91 Å². The third-order valence-corrected chi connectivity index (χ3v) is 6.52. The second-order valence-electron chi connectivity index (χ2n) is 9.07. The summed E-state index contributed by atoms with van der Waals surface area (Å²) in [7, 11) is 7.21. The zero-order valence-corrected chi connectivity index (χ0v) is 20.9. The zero-order valence-electron chi connectivity index (χ0n) is 20.9. The standard InChI is InChI=1S/C28H34N4O3/c1-31(2)23-9-10-25(29)24(17-23)28(33)30-22-7-5-19(6-8-22)11-13-32-14-12-20-15-26(34-3)27(35-4)16-21(20)18-32/h5-10,15-17H,11-14,18,29H2,1-4H3,(H,30,33). The summed E-state index contributed by atoms with van der Waals surface area (Å²) in [4.78, 5) is 17.2. The SMILES string of the molecule is COc1cc2c(cc1OC)CN(CCc1ccc(NC(=O)c3cc(N(C)C)ccc3N)cc1)CC2. The minimum atomic E-state index is -0.210. The molecule has 0 saturated heterocycles. The number of anilines is 3. The number of benzene rings is 3. The maximum Gasteiger partial charge on any atom is 0.257 e. The predicted octanol–water partition coefficient (Wildman–Crippen LogP) is 4.21. The van der Waals surface area contributed by atoms with E-state index in [1.54, 1.807) is 20.3 Å². The second-order valence-corrected chi connectivity index (χ2v) is 9.07. The first-order valence-electron chi connectivity index (χ1n) is 11.8. The fourth-order valence-electron chi connectivity index (χ4n) is 4.39. The lowest BCUT2D eigenvalue weighted by molar-refractivity contribution is 0.102. The van der Waals surface area contributed by atoms with E-state index in [2.05, 4.69) is 34.5 Å². The maximum absolute atomic E-state index is 12.8. The van der Waals surface area contributed by atoms with Gasteiger partial charge in [-0.2, -0.15) is 0 Å². The van der Waals surface area contributed by atoms with E-state index in [4.69, 9.17) is 15.2 Å². The van der Waals surface area contributed by atoms with Crippen LogP contribution in [0.15, 0.2) is 54.6 Å². The molecule has 0 radical (unpaired) electrons. The predicted molar refractivity (Wildman–Crippen MR) is 142 cm³/mol. The van der Waals surface area contributed by atoms with Crippen molar-refractivity contribution < 1.29 is 14.3 Å². The molecule has 35 heavy (non-hydrogen) atoms. The van der Waals surface area contributed by atoms with E-state index in [-0.39, 0.29) is 5.91 Å². The van der Waals surface area contributed by atoms with Crippen molar-refractivity contribution in [1.82, 2.24) is 4.90 Å². The molecule has 0 bridgehead atoms. The van der Waals surface area contributed by atoms with Gasteiger partial charge in [-0.15, -0.1) is 0 Å². The van der Waals surface area contributed by atoms with Crippen molar-refractivity contribution >= 4 is 23.0 Å². The minimum Gasteiger partial charge on any atom is -0.493 e. The molecule has 0 fully saturated rings. The van der Waals surface area contributed by atoms with Crippen molar-refractivity contribution in [2.24, 2.45) is 0 Å². The van der Waals surface area contributed by atoms with Crippen LogP contribution < -0.4 is 25.4 Å². The molecule has 0 saturated carbocycles. The summed E-state index contributed by atoms with van der Waals surface area (Å²) >= 11 is 0. The number of hydrogen-bond donors (Lipinski definition) is 2. The van der Waals surface area contributed by atoms with Gasteiger partial charge in [-0.3, -0.25) is 9.69 Å². The number of nitrogens with one attached hydrogen (secondary N) is 1. The van der Waals surface area contributed by atoms with Gasteiger partial charge in [-0.25, -0.2) is 0 Å². The first kappa shape index (κ1) is 24.4. The highest BCUT2D eigenvalue weighted by Crippen LogP contribution is 2.33. The van der Waals surface area contributed by atoms with Crippen LogP contribution in [-0.2, 0) is 19.4 Å². The van der Waals surface area contributed by atoms with Gasteiger partial charge < -0.3 is 25.4 Å². The van der Waals surface area contributed by atoms with Crippen LogP contribution in [0.3, 0.4) is 0 Å². The molecule has 3 aromatic rings. The molecule has 7 nitrogen and oxygen atoms in total. The van der Waals surface area contributed by atoms with Crippen LogP contribution in [0, 0.1) is 0 Å². The van der Waals surface area contributed by atoms with Gasteiger partial charge >= 0.3 is 0 Å². The summed E-state index contributed by atoms with van der Waals surface area (Å²) in [5.74, 6) is 1.36. The lowest BCUT2D eigenvalue weighted by Crippen LogP contribution is -2.32. The van der Waals surface area contributed by atoms with Crippen LogP contribution in [0.25, 0.3) is 0 Å². The Morgan fingerprint density at radius 2 is 1.69 bits per heavy atom. The zero-order chi connectivity index (χ0) is 24.9. The molecule has 1 heterocycles. The number of hydrogen-bond acceptors (Lipinski definition) is 6. The topological polar surface area (TPSA) is 80.1 Å². The highest BCUT2D eigenvalue weighted by atomic mass is 16.5. The molecular formula is C28H34N4O3. The Balaban J connectivity index is 1.34. The van der Waals surface area contributed by atoms with Gasteiger partial charge in [0, 0.05) is 50.8 Å². The number of nitrogen functional groups attached to an aromatic ring is 1. The average molecular weight is 475 g/mol. The van der Waals surface area contributed by atoms with Gasteiger partial charge in [-0.1, -0.05) is 12.1 Å². The molecular weight excluding hydrogens is 440 g/mol. The third kappa shape index (κ3) is 5.69. The average Bonchev–Trinajstić information content (AvgIpc) is 2.87. The smallest absolute Gasteiger partial charge is 0.257 e. The Labute approximate surface area is 207 Å². The molecule has 4 rings (SSSR count). The van der Waals surface area contributed by atoms with Gasteiger partial charge in [0.05, 0.1) is 19.8 Å². The number of ether oxygens (including phenoxy) is 2. The summed E-state index contributed by atoms with van der Waals surface area (Å²) in [6.07, 6.45) is 1.94. The summed E-state index contributed by atoms with van der Waals surface area (Å²) < 4.78 is 10.9. The molecule has 1 amide bonds. The first-order valence-corrected chi connectivity index (χ1v) is 11.8. The number of methoxy groups -OCH3 is 2. The largest absolute Gasteiger partial charge is 0.493 e. The lowest BCUT2D eigenvalue weighted by Gasteiger charge is -2.29. The molecule has 3 N–H and O–H groups in total. The number of rotatable bonds is 8. The number of fused-ring (bicyclic) bond motifs is 1. The first-order chi connectivity index (χ1) is 16.9. The Morgan fingerprint density at radius 1 is 1.00 bits per heavy atom. The Morgan fingerprint density at radius 3 is 2.34 bits per heavy atom. The Kier molecular flexibility index (Phi) is 7.46. The molecule has 1 aliphatic rings. The Bertz CT molecular complexity index is 1190. The molecule has 7 heteroatoms. The van der Waals surface area contributed by atoms with E-state index in [1.807, 2.05) is 43.3 Å². The van der Waals surface area contributed by atoms with Crippen LogP contribution in [0.4, 0.5) is 17.1 Å². The number of carbonyl (C=O) groups is 1. The summed E-state index contributed by atoms with van der Waals surface area (Å²) in [6.45, 7) is 2.88. The highest BCUT2D eigenvalue weighted by Gasteiger charge is 2.19. The lowest BCUT2D eigenvalue weighted by atomic mass is 9.98. The molecule has 0 spiro atoms. The highest BCUT2D eigenvalue weighted by molar-refractivity contribution is 6.08. The van der Waals surface area contributed by atoms with Crippen LogP contribution in [-0.4, -0.2) is 52.2 Å². The molecule has 184 valence electrons. The van der Waals surface area contributed by atoms with Gasteiger partial charge in [0.15, 0.2) is 11.5 Å². The third-order valence-electron chi connectivity index (χ3n) is 6.52. The van der Waals surface area contributed by atoms with Crippen molar-refractivity contribution in [3.8, 4) is 11.5 Å². The number of amides is 1. The number of nitrogens with two attached hydrogens (primary N) is 1. The van der Waals surface area contributed by atoms with Crippen LogP contribution >= 0.6 is 0 Å². The quantitative estimate of drug-likeness (QED) is 0.476. The Hall–Kier alpha value is -3.71. The van der Waals surface area contributed by atoms with E-state index in [9.17, 15) is 4.79 Å². The van der Waals surface area contributed by atoms with Gasteiger partial charge in [-0.05, 0) is 72.0 Å². The molecule has 0 aliphatic carbocycles. The molecule has 1 aliphatic heterocycles. The molecule has 3 aromatic carbocycles. The summed E-state index contributed by atoms with van der Waals surface area (Å²) in [5, 5.41) is 2.96. The van der Waals surface area contributed by atoms with Crippen molar-refractivity contribution in [2.75, 3.05) is 57.4 Å². The van der Waals surface area contributed by atoms with Crippen molar-refractivity contribution in [2.45, 2.75) is 19.4 Å². The summed E-state index contributed by atoms with van der Waals surface area (Å²) in [5.41, 5.74) is 12.5. The molecule has 0 aromatic heterocycles. The van der Waals surface area contributed by atoms with E-state index in [0.29, 0.717) is 11.3 Å².